The number of amides is 1. The van der Waals surface area contributed by atoms with Crippen LogP contribution in [0.5, 0.6) is 0 Å². The van der Waals surface area contributed by atoms with Crippen LogP contribution in [0.4, 0.5) is 0 Å². The Labute approximate surface area is 141 Å². The van der Waals surface area contributed by atoms with Crippen molar-refractivity contribution in [3.8, 4) is 11.3 Å². The Bertz CT molecular complexity index is 675. The number of carbonyl (C=O) groups excluding carboxylic acids is 1. The second-order valence-corrected chi connectivity index (χ2v) is 6.34. The normalized spacial score (nSPS) is 21.3. The average Bonchev–Trinajstić information content (AvgIpc) is 2.54. The number of aromatic nitrogens is 1. The number of hydrogen-bond acceptors (Lipinski definition) is 3. The molecule has 1 fully saturated rings. The van der Waals surface area contributed by atoms with E-state index in [1.54, 1.807) is 12.3 Å². The van der Waals surface area contributed by atoms with Gasteiger partial charge < -0.3 is 9.64 Å². The van der Waals surface area contributed by atoms with Crippen molar-refractivity contribution in [3.05, 3.63) is 53.2 Å². The number of nitrogens with zero attached hydrogens (tertiary/aromatic N) is 2. The molecule has 120 valence electrons. The van der Waals surface area contributed by atoms with E-state index in [4.69, 9.17) is 16.3 Å². The van der Waals surface area contributed by atoms with Gasteiger partial charge in [-0.1, -0.05) is 23.7 Å². The second kappa shape index (κ2) is 6.69. The summed E-state index contributed by atoms with van der Waals surface area (Å²) in [5.74, 6) is 0.0441. The lowest BCUT2D eigenvalue weighted by Gasteiger charge is -2.35. The van der Waals surface area contributed by atoms with Crippen LogP contribution < -0.4 is 0 Å². The minimum Gasteiger partial charge on any atom is -0.372 e. The number of rotatable bonds is 2. The van der Waals surface area contributed by atoms with Crippen LogP contribution in [-0.4, -0.2) is 41.1 Å². The lowest BCUT2D eigenvalue weighted by molar-refractivity contribution is -0.0586. The van der Waals surface area contributed by atoms with Gasteiger partial charge in [-0.3, -0.25) is 9.78 Å². The lowest BCUT2D eigenvalue weighted by atomic mass is 10.1. The number of benzene rings is 1. The molecular formula is C18H19ClN2O2. The van der Waals surface area contributed by atoms with Crippen LogP contribution in [0.1, 0.15) is 24.2 Å². The van der Waals surface area contributed by atoms with E-state index in [0.717, 1.165) is 11.3 Å². The highest BCUT2D eigenvalue weighted by Crippen LogP contribution is 2.20. The smallest absolute Gasteiger partial charge is 0.254 e. The largest absolute Gasteiger partial charge is 0.372 e. The zero-order valence-electron chi connectivity index (χ0n) is 13.2. The van der Waals surface area contributed by atoms with Gasteiger partial charge in [0.1, 0.15) is 0 Å². The van der Waals surface area contributed by atoms with Crippen LogP contribution in [-0.2, 0) is 4.74 Å². The van der Waals surface area contributed by atoms with E-state index in [9.17, 15) is 4.79 Å². The topological polar surface area (TPSA) is 42.4 Å². The molecule has 0 aliphatic carbocycles. The summed E-state index contributed by atoms with van der Waals surface area (Å²) in [6.07, 6.45) is 1.76. The van der Waals surface area contributed by atoms with Gasteiger partial charge in [0.15, 0.2) is 0 Å². The van der Waals surface area contributed by atoms with Crippen LogP contribution in [0.2, 0.25) is 5.02 Å². The Kier molecular flexibility index (Phi) is 4.64. The third kappa shape index (κ3) is 3.71. The van der Waals surface area contributed by atoms with E-state index in [-0.39, 0.29) is 18.1 Å². The van der Waals surface area contributed by atoms with Crippen LogP contribution in [0.25, 0.3) is 11.3 Å². The molecule has 5 heteroatoms. The third-order valence-electron chi connectivity index (χ3n) is 3.86. The first-order valence-corrected chi connectivity index (χ1v) is 8.07. The SMILES string of the molecule is C[C@@H]1CN(C(=O)c2ccc(-c3ccc(Cl)cn3)cc2)C[C@H](C)O1. The van der Waals surface area contributed by atoms with E-state index in [2.05, 4.69) is 4.98 Å². The summed E-state index contributed by atoms with van der Waals surface area (Å²) in [6, 6.07) is 11.2. The molecule has 1 aliphatic rings. The minimum absolute atomic E-state index is 0.0441. The lowest BCUT2D eigenvalue weighted by Crippen LogP contribution is -2.48. The summed E-state index contributed by atoms with van der Waals surface area (Å²) in [6.45, 7) is 5.24. The van der Waals surface area contributed by atoms with Crippen molar-refractivity contribution in [1.29, 1.82) is 0 Å². The Hall–Kier alpha value is -1.91. The maximum absolute atomic E-state index is 12.6. The highest BCUT2D eigenvalue weighted by Gasteiger charge is 2.26. The van der Waals surface area contributed by atoms with Gasteiger partial charge in [-0.15, -0.1) is 0 Å². The van der Waals surface area contributed by atoms with E-state index >= 15 is 0 Å². The fraction of sp³-hybridized carbons (Fsp3) is 0.333. The van der Waals surface area contributed by atoms with E-state index in [1.807, 2.05) is 49.1 Å². The number of ether oxygens (including phenoxy) is 1. The van der Waals surface area contributed by atoms with Gasteiger partial charge in [-0.05, 0) is 38.1 Å². The van der Waals surface area contributed by atoms with Crippen LogP contribution in [0.3, 0.4) is 0 Å². The van der Waals surface area contributed by atoms with Crippen molar-refractivity contribution in [3.63, 3.8) is 0 Å². The average molecular weight is 331 g/mol. The molecule has 0 saturated carbocycles. The zero-order chi connectivity index (χ0) is 16.4. The van der Waals surface area contributed by atoms with Gasteiger partial charge >= 0.3 is 0 Å². The molecule has 0 bridgehead atoms. The summed E-state index contributed by atoms with van der Waals surface area (Å²) in [5, 5.41) is 0.608. The monoisotopic (exact) mass is 330 g/mol. The summed E-state index contributed by atoms with van der Waals surface area (Å²) < 4.78 is 5.68. The quantitative estimate of drug-likeness (QED) is 0.844. The second-order valence-electron chi connectivity index (χ2n) is 5.91. The molecule has 23 heavy (non-hydrogen) atoms. The van der Waals surface area contributed by atoms with Crippen LogP contribution >= 0.6 is 11.6 Å². The summed E-state index contributed by atoms with van der Waals surface area (Å²) in [5.41, 5.74) is 2.48. The molecule has 1 aromatic carbocycles. The van der Waals surface area contributed by atoms with E-state index in [1.165, 1.54) is 0 Å². The molecule has 3 rings (SSSR count). The highest BCUT2D eigenvalue weighted by atomic mass is 35.5. The summed E-state index contributed by atoms with van der Waals surface area (Å²) in [4.78, 5) is 18.8. The molecule has 0 unspecified atom stereocenters. The van der Waals surface area contributed by atoms with Crippen molar-refractivity contribution in [1.82, 2.24) is 9.88 Å². The minimum atomic E-state index is 0.0441. The Morgan fingerprint density at radius 3 is 2.35 bits per heavy atom. The molecule has 4 nitrogen and oxygen atoms in total. The van der Waals surface area contributed by atoms with Gasteiger partial charge in [0, 0.05) is 30.4 Å². The first-order valence-electron chi connectivity index (χ1n) is 7.69. The van der Waals surface area contributed by atoms with E-state index in [0.29, 0.717) is 23.7 Å². The van der Waals surface area contributed by atoms with Gasteiger partial charge in [-0.25, -0.2) is 0 Å². The molecule has 1 amide bonds. The third-order valence-corrected chi connectivity index (χ3v) is 4.09. The van der Waals surface area contributed by atoms with Crippen molar-refractivity contribution < 1.29 is 9.53 Å². The number of hydrogen-bond donors (Lipinski definition) is 0. The molecule has 0 spiro atoms. The molecule has 2 atom stereocenters. The van der Waals surface area contributed by atoms with E-state index < -0.39 is 0 Å². The number of carbonyl (C=O) groups is 1. The fourth-order valence-electron chi connectivity index (χ4n) is 2.86. The summed E-state index contributed by atoms with van der Waals surface area (Å²) in [7, 11) is 0. The van der Waals surface area contributed by atoms with Crippen molar-refractivity contribution >= 4 is 17.5 Å². The molecule has 0 radical (unpaired) electrons. The van der Waals surface area contributed by atoms with Crippen molar-refractivity contribution in [2.75, 3.05) is 13.1 Å². The highest BCUT2D eigenvalue weighted by molar-refractivity contribution is 6.30. The Morgan fingerprint density at radius 1 is 1.13 bits per heavy atom. The van der Waals surface area contributed by atoms with Gasteiger partial charge in [0.05, 0.1) is 22.9 Å². The number of halogens is 1. The van der Waals surface area contributed by atoms with Crippen LogP contribution in [0, 0.1) is 0 Å². The maximum Gasteiger partial charge on any atom is 0.254 e. The van der Waals surface area contributed by atoms with Crippen molar-refractivity contribution in [2.24, 2.45) is 0 Å². The molecule has 2 aromatic rings. The zero-order valence-corrected chi connectivity index (χ0v) is 14.0. The summed E-state index contributed by atoms with van der Waals surface area (Å²) >= 11 is 5.85. The van der Waals surface area contributed by atoms with Crippen molar-refractivity contribution in [2.45, 2.75) is 26.1 Å². The molecule has 1 aromatic heterocycles. The fourth-order valence-corrected chi connectivity index (χ4v) is 2.97. The number of morpholine rings is 1. The van der Waals surface area contributed by atoms with Gasteiger partial charge in [0.2, 0.25) is 0 Å². The first-order chi connectivity index (χ1) is 11.0. The van der Waals surface area contributed by atoms with Gasteiger partial charge in [0.25, 0.3) is 5.91 Å². The first kappa shape index (κ1) is 16.0. The molecule has 1 saturated heterocycles. The predicted octanol–water partition coefficient (Wildman–Crippen LogP) is 3.65. The maximum atomic E-state index is 12.6. The molecular weight excluding hydrogens is 312 g/mol. The Balaban J connectivity index is 1.76. The Morgan fingerprint density at radius 2 is 1.78 bits per heavy atom. The molecule has 0 N–H and O–H groups in total. The molecule has 1 aliphatic heterocycles. The van der Waals surface area contributed by atoms with Crippen LogP contribution in [0.15, 0.2) is 42.6 Å². The van der Waals surface area contributed by atoms with Gasteiger partial charge in [-0.2, -0.15) is 0 Å². The number of pyridine rings is 1. The standard InChI is InChI=1S/C18H19ClN2O2/c1-12-10-21(11-13(2)23-12)18(22)15-5-3-14(4-6-15)17-8-7-16(19)9-20-17/h3-9,12-13H,10-11H2,1-2H3/t12-,13+. The molecule has 2 heterocycles. The predicted molar refractivity (Wildman–Crippen MR) is 90.6 cm³/mol.